The maximum absolute atomic E-state index is 13.9. The molecule has 0 radical (unpaired) electrons. The third-order valence-corrected chi connectivity index (χ3v) is 4.04. The second-order valence-electron chi connectivity index (χ2n) is 6.41. The van der Waals surface area contributed by atoms with E-state index in [2.05, 4.69) is 10.1 Å². The first-order valence-corrected chi connectivity index (χ1v) is 8.89. The van der Waals surface area contributed by atoms with Gasteiger partial charge >= 0.3 is 6.18 Å². The molecule has 150 valence electrons. The molecule has 1 unspecified atom stereocenters. The minimum atomic E-state index is -4.54. The first-order chi connectivity index (χ1) is 12.6. The Labute approximate surface area is 158 Å². The number of allylic oxidation sites excluding steroid dienone is 6. The van der Waals surface area contributed by atoms with E-state index in [4.69, 9.17) is 0 Å². The molecule has 27 heavy (non-hydrogen) atoms. The Hall–Kier alpha value is -2.18. The van der Waals surface area contributed by atoms with Crippen LogP contribution < -0.4 is 0 Å². The Balaban J connectivity index is 3.40. The SMILES string of the molecule is CCC/C(=C(/C)C=NC)c1cnn(C(C)C/C=C\C=C(/C)F)c1C(F)(F)F. The summed E-state index contributed by atoms with van der Waals surface area (Å²) in [5.41, 5.74) is 0.630. The van der Waals surface area contributed by atoms with Gasteiger partial charge in [-0.05, 0) is 50.8 Å². The van der Waals surface area contributed by atoms with Gasteiger partial charge in [0.2, 0.25) is 0 Å². The fourth-order valence-electron chi connectivity index (χ4n) is 2.84. The number of hydrogen-bond acceptors (Lipinski definition) is 2. The first kappa shape index (κ1) is 22.9. The van der Waals surface area contributed by atoms with Gasteiger partial charge in [-0.1, -0.05) is 25.5 Å². The molecule has 0 aliphatic rings. The lowest BCUT2D eigenvalue weighted by molar-refractivity contribution is -0.145. The zero-order valence-corrected chi connectivity index (χ0v) is 16.4. The van der Waals surface area contributed by atoms with Crippen molar-refractivity contribution in [3.8, 4) is 0 Å². The molecule has 1 rings (SSSR count). The molecule has 7 heteroatoms. The largest absolute Gasteiger partial charge is 0.433 e. The van der Waals surface area contributed by atoms with Crippen LogP contribution in [-0.4, -0.2) is 23.0 Å². The highest BCUT2D eigenvalue weighted by atomic mass is 19.4. The number of alkyl halides is 3. The lowest BCUT2D eigenvalue weighted by Crippen LogP contribution is -2.19. The van der Waals surface area contributed by atoms with Crippen molar-refractivity contribution < 1.29 is 17.6 Å². The van der Waals surface area contributed by atoms with Gasteiger partial charge in [0.25, 0.3) is 0 Å². The van der Waals surface area contributed by atoms with Gasteiger partial charge in [0, 0.05) is 18.8 Å². The molecule has 1 atom stereocenters. The van der Waals surface area contributed by atoms with Crippen LogP contribution in [0.3, 0.4) is 0 Å². The van der Waals surface area contributed by atoms with Crippen LogP contribution in [-0.2, 0) is 6.18 Å². The molecule has 0 aliphatic heterocycles. The molecular weight excluding hydrogens is 358 g/mol. The summed E-state index contributed by atoms with van der Waals surface area (Å²) in [6, 6.07) is -0.525. The minimum absolute atomic E-state index is 0.0945. The molecule has 0 amide bonds. The third-order valence-electron chi connectivity index (χ3n) is 4.04. The molecular formula is C20H27F4N3. The molecule has 0 aliphatic carbocycles. The molecule has 0 aromatic carbocycles. The second-order valence-corrected chi connectivity index (χ2v) is 6.41. The molecule has 0 saturated heterocycles. The van der Waals surface area contributed by atoms with E-state index in [0.717, 1.165) is 4.68 Å². The summed E-state index contributed by atoms with van der Waals surface area (Å²) in [4.78, 5) is 3.93. The quantitative estimate of drug-likeness (QED) is 0.283. The van der Waals surface area contributed by atoms with Crippen molar-refractivity contribution in [1.82, 2.24) is 9.78 Å². The number of nitrogens with zero attached hydrogens (tertiary/aromatic N) is 3. The maximum Gasteiger partial charge on any atom is 0.433 e. The van der Waals surface area contributed by atoms with E-state index in [-0.39, 0.29) is 11.4 Å². The van der Waals surface area contributed by atoms with Crippen LogP contribution in [0.1, 0.15) is 64.3 Å². The van der Waals surface area contributed by atoms with Crippen molar-refractivity contribution in [2.45, 2.75) is 59.2 Å². The highest BCUT2D eigenvalue weighted by molar-refractivity contribution is 5.90. The summed E-state index contributed by atoms with van der Waals surface area (Å²) in [5, 5.41) is 4.04. The lowest BCUT2D eigenvalue weighted by Gasteiger charge is -2.18. The number of aliphatic imine (C=N–C) groups is 1. The van der Waals surface area contributed by atoms with Gasteiger partial charge < -0.3 is 0 Å². The molecule has 0 fully saturated rings. The van der Waals surface area contributed by atoms with Crippen molar-refractivity contribution in [3.63, 3.8) is 0 Å². The Kier molecular flexibility index (Phi) is 8.66. The van der Waals surface area contributed by atoms with Crippen LogP contribution in [0.4, 0.5) is 17.6 Å². The third kappa shape index (κ3) is 6.48. The summed E-state index contributed by atoms with van der Waals surface area (Å²) >= 11 is 0. The van der Waals surface area contributed by atoms with Crippen molar-refractivity contribution in [2.24, 2.45) is 4.99 Å². The molecule has 1 aromatic rings. The number of aromatic nitrogens is 2. The van der Waals surface area contributed by atoms with Crippen LogP contribution >= 0.6 is 0 Å². The van der Waals surface area contributed by atoms with Crippen molar-refractivity contribution in [2.75, 3.05) is 7.05 Å². The average molecular weight is 385 g/mol. The van der Waals surface area contributed by atoms with E-state index in [9.17, 15) is 17.6 Å². The predicted molar refractivity (Wildman–Crippen MR) is 102 cm³/mol. The summed E-state index contributed by atoms with van der Waals surface area (Å²) in [5.74, 6) is -0.362. The molecule has 1 heterocycles. The molecule has 1 aromatic heterocycles. The summed E-state index contributed by atoms with van der Waals surface area (Å²) in [7, 11) is 1.59. The smallest absolute Gasteiger partial charge is 0.296 e. The van der Waals surface area contributed by atoms with Gasteiger partial charge in [-0.25, -0.2) is 4.39 Å². The minimum Gasteiger partial charge on any atom is -0.296 e. The summed E-state index contributed by atoms with van der Waals surface area (Å²) in [6.45, 7) is 6.64. The Morgan fingerprint density at radius 2 is 2.00 bits per heavy atom. The predicted octanol–water partition coefficient (Wildman–Crippen LogP) is 6.56. The lowest BCUT2D eigenvalue weighted by atomic mass is 9.96. The fraction of sp³-hybridized carbons (Fsp3) is 0.500. The van der Waals surface area contributed by atoms with Crippen molar-refractivity contribution in [1.29, 1.82) is 0 Å². The number of rotatable bonds is 8. The van der Waals surface area contributed by atoms with Gasteiger partial charge in [-0.2, -0.15) is 18.3 Å². The van der Waals surface area contributed by atoms with Crippen molar-refractivity contribution >= 4 is 11.8 Å². The topological polar surface area (TPSA) is 30.2 Å². The van der Waals surface area contributed by atoms with Crippen LogP contribution in [0, 0.1) is 0 Å². The Morgan fingerprint density at radius 1 is 1.33 bits per heavy atom. The van der Waals surface area contributed by atoms with Gasteiger partial charge in [0.15, 0.2) is 0 Å². The zero-order valence-electron chi connectivity index (χ0n) is 16.4. The zero-order chi connectivity index (χ0) is 20.6. The van der Waals surface area contributed by atoms with E-state index in [1.165, 1.54) is 25.3 Å². The normalized spacial score (nSPS) is 15.7. The highest BCUT2D eigenvalue weighted by Gasteiger charge is 2.39. The molecule has 0 spiro atoms. The van der Waals surface area contributed by atoms with E-state index >= 15 is 0 Å². The van der Waals surface area contributed by atoms with Gasteiger partial charge in [0.1, 0.15) is 5.69 Å². The Bertz CT molecular complexity index is 733. The van der Waals surface area contributed by atoms with Gasteiger partial charge in [-0.3, -0.25) is 9.67 Å². The van der Waals surface area contributed by atoms with E-state index < -0.39 is 17.9 Å². The van der Waals surface area contributed by atoms with Crippen LogP contribution in [0.5, 0.6) is 0 Å². The number of hydrogen-bond donors (Lipinski definition) is 0. The van der Waals surface area contributed by atoms with E-state index in [0.29, 0.717) is 30.4 Å². The molecule has 0 N–H and O–H groups in total. The summed E-state index contributed by atoms with van der Waals surface area (Å²) < 4.78 is 55.3. The van der Waals surface area contributed by atoms with Gasteiger partial charge in [-0.15, -0.1) is 0 Å². The molecule has 3 nitrogen and oxygen atoms in total. The first-order valence-electron chi connectivity index (χ1n) is 8.89. The maximum atomic E-state index is 13.9. The van der Waals surface area contributed by atoms with E-state index in [1.807, 2.05) is 6.92 Å². The Morgan fingerprint density at radius 3 is 2.52 bits per heavy atom. The van der Waals surface area contributed by atoms with E-state index in [1.54, 1.807) is 33.2 Å². The average Bonchev–Trinajstić information content (AvgIpc) is 3.01. The highest BCUT2D eigenvalue weighted by Crippen LogP contribution is 2.38. The van der Waals surface area contributed by atoms with Crippen molar-refractivity contribution in [3.05, 3.63) is 47.1 Å². The van der Waals surface area contributed by atoms with Crippen LogP contribution in [0.2, 0.25) is 0 Å². The fourth-order valence-corrected chi connectivity index (χ4v) is 2.84. The number of halogens is 4. The monoisotopic (exact) mass is 385 g/mol. The van der Waals surface area contributed by atoms with Gasteiger partial charge in [0.05, 0.1) is 18.1 Å². The molecule has 0 saturated carbocycles. The van der Waals surface area contributed by atoms with Crippen LogP contribution in [0.25, 0.3) is 5.57 Å². The standard InChI is InChI=1S/C20H27F4N3/c1-6-9-17(14(2)12-25-5)18-13-26-27(19(18)20(22,23)24)16(4)11-8-7-10-15(3)21/h7-8,10,12-13,16H,6,9,11H2,1-5H3/b8-7-,15-10+,17-14+,25-12?. The second kappa shape index (κ2) is 10.2. The van der Waals surface area contributed by atoms with Crippen LogP contribution in [0.15, 0.2) is 40.8 Å². The summed E-state index contributed by atoms with van der Waals surface area (Å²) in [6.07, 6.45) is 4.22. The molecule has 0 bridgehead atoms.